The van der Waals surface area contributed by atoms with Crippen molar-refractivity contribution in [3.8, 4) is 0 Å². The maximum absolute atomic E-state index is 12.1. The number of hydroxylamine groups is 2. The smallest absolute Gasteiger partial charge is 0.283 e. The molecule has 1 saturated heterocycles. The van der Waals surface area contributed by atoms with Gasteiger partial charge in [0.1, 0.15) is 6.10 Å². The molecule has 0 spiro atoms. The topological polar surface area (TPSA) is 46.6 Å². The van der Waals surface area contributed by atoms with E-state index < -0.39 is 11.7 Å². The zero-order valence-electron chi connectivity index (χ0n) is 9.78. The van der Waals surface area contributed by atoms with Crippen LogP contribution in [0.3, 0.4) is 0 Å². The van der Waals surface area contributed by atoms with Crippen LogP contribution in [-0.2, 0) is 9.63 Å². The molecule has 18 heavy (non-hydrogen) atoms. The first-order chi connectivity index (χ1) is 8.75. The van der Waals surface area contributed by atoms with Crippen LogP contribution in [0.5, 0.6) is 0 Å². The summed E-state index contributed by atoms with van der Waals surface area (Å²) in [4.78, 5) is 29.6. The second kappa shape index (κ2) is 4.38. The summed E-state index contributed by atoms with van der Waals surface area (Å²) in [7, 11) is 0. The molecule has 2 heterocycles. The van der Waals surface area contributed by atoms with Crippen LogP contribution in [-0.4, -0.2) is 28.9 Å². The van der Waals surface area contributed by atoms with Crippen LogP contribution in [0.15, 0.2) is 42.5 Å². The molecule has 0 saturated carbocycles. The molecule has 0 aromatic heterocycles. The molecule has 3 aliphatic rings. The Balaban J connectivity index is 1.80. The van der Waals surface area contributed by atoms with Crippen molar-refractivity contribution in [2.45, 2.75) is 25.0 Å². The molecule has 2 bridgehead atoms. The third-order valence-corrected chi connectivity index (χ3v) is 3.28. The average Bonchev–Trinajstić information content (AvgIpc) is 2.48. The van der Waals surface area contributed by atoms with E-state index in [4.69, 9.17) is 4.84 Å². The number of hydrogen-bond acceptors (Lipinski definition) is 3. The molecule has 1 aliphatic carbocycles. The van der Waals surface area contributed by atoms with Crippen molar-refractivity contribution in [2.75, 3.05) is 0 Å². The molecule has 1 aromatic rings. The lowest BCUT2D eigenvalue weighted by molar-refractivity contribution is -0.225. The van der Waals surface area contributed by atoms with Crippen LogP contribution in [0, 0.1) is 0 Å². The Morgan fingerprint density at radius 1 is 1.11 bits per heavy atom. The molecular formula is C14H13NO3. The van der Waals surface area contributed by atoms with Crippen LogP contribution in [0.2, 0.25) is 0 Å². The number of Topliss-reactive ketones (excluding diaryl/α,β-unsaturated/α-hetero) is 1. The minimum Gasteiger partial charge on any atom is -0.283 e. The third-order valence-electron chi connectivity index (χ3n) is 3.28. The highest BCUT2D eigenvalue weighted by Crippen LogP contribution is 2.27. The van der Waals surface area contributed by atoms with Gasteiger partial charge in [-0.25, -0.2) is 5.06 Å². The van der Waals surface area contributed by atoms with Gasteiger partial charge in [-0.15, -0.1) is 0 Å². The summed E-state index contributed by atoms with van der Waals surface area (Å²) in [6.45, 7) is 0. The van der Waals surface area contributed by atoms with Gasteiger partial charge in [0.25, 0.3) is 5.78 Å². The minimum absolute atomic E-state index is 0.0671. The Kier molecular flexibility index (Phi) is 2.72. The molecule has 4 nitrogen and oxygen atoms in total. The zero-order valence-corrected chi connectivity index (χ0v) is 9.78. The lowest BCUT2D eigenvalue weighted by Crippen LogP contribution is -2.50. The quantitative estimate of drug-likeness (QED) is 0.451. The maximum Gasteiger partial charge on any atom is 0.319 e. The van der Waals surface area contributed by atoms with E-state index in [1.807, 2.05) is 18.2 Å². The zero-order chi connectivity index (χ0) is 12.5. The van der Waals surface area contributed by atoms with Gasteiger partial charge >= 0.3 is 5.91 Å². The van der Waals surface area contributed by atoms with Gasteiger partial charge in [0.2, 0.25) is 0 Å². The molecule has 2 atom stereocenters. The number of ketones is 1. The standard InChI is InChI=1S/C14H13NO3/c16-13(10-4-2-1-3-5-10)14(17)15-11-6-8-12(18-15)9-7-11/h1-6,8,11-12H,7,9H2. The van der Waals surface area contributed by atoms with Crippen LogP contribution < -0.4 is 0 Å². The number of carbonyl (C=O) groups is 2. The molecule has 2 aliphatic heterocycles. The van der Waals surface area contributed by atoms with E-state index in [1.54, 1.807) is 24.3 Å². The van der Waals surface area contributed by atoms with Crippen molar-refractivity contribution in [3.05, 3.63) is 48.0 Å². The maximum atomic E-state index is 12.1. The lowest BCUT2D eigenvalue weighted by atomic mass is 9.97. The van der Waals surface area contributed by atoms with Crippen molar-refractivity contribution in [2.24, 2.45) is 0 Å². The van der Waals surface area contributed by atoms with Crippen molar-refractivity contribution in [3.63, 3.8) is 0 Å². The van der Waals surface area contributed by atoms with Gasteiger partial charge in [-0.3, -0.25) is 14.4 Å². The summed E-state index contributed by atoms with van der Waals surface area (Å²) in [5.74, 6) is -1.10. The number of rotatable bonds is 2. The fourth-order valence-electron chi connectivity index (χ4n) is 2.30. The second-order valence-corrected chi connectivity index (χ2v) is 4.50. The van der Waals surface area contributed by atoms with Gasteiger partial charge in [-0.05, 0) is 12.8 Å². The highest BCUT2D eigenvalue weighted by Gasteiger charge is 2.37. The van der Waals surface area contributed by atoms with Crippen molar-refractivity contribution >= 4 is 11.7 Å². The summed E-state index contributed by atoms with van der Waals surface area (Å²) in [6.07, 6.45) is 5.58. The Morgan fingerprint density at radius 3 is 2.44 bits per heavy atom. The predicted molar refractivity (Wildman–Crippen MR) is 64.7 cm³/mol. The van der Waals surface area contributed by atoms with Crippen molar-refractivity contribution in [1.29, 1.82) is 0 Å². The van der Waals surface area contributed by atoms with E-state index in [-0.39, 0.29) is 12.1 Å². The molecule has 92 valence electrons. The van der Waals surface area contributed by atoms with Crippen LogP contribution in [0.25, 0.3) is 0 Å². The first-order valence-corrected chi connectivity index (χ1v) is 6.04. The number of fused-ring (bicyclic) bond motifs is 2. The van der Waals surface area contributed by atoms with Gasteiger partial charge < -0.3 is 0 Å². The molecule has 2 unspecified atom stereocenters. The Morgan fingerprint density at radius 2 is 1.89 bits per heavy atom. The normalized spacial score (nSPS) is 25.2. The van der Waals surface area contributed by atoms with Crippen LogP contribution >= 0.6 is 0 Å². The molecule has 0 radical (unpaired) electrons. The highest BCUT2D eigenvalue weighted by atomic mass is 16.7. The molecular weight excluding hydrogens is 230 g/mol. The van der Waals surface area contributed by atoms with E-state index >= 15 is 0 Å². The van der Waals surface area contributed by atoms with E-state index in [1.165, 1.54) is 5.06 Å². The summed E-state index contributed by atoms with van der Waals surface area (Å²) in [5.41, 5.74) is 0.400. The average molecular weight is 243 g/mol. The van der Waals surface area contributed by atoms with E-state index in [0.29, 0.717) is 5.56 Å². The number of nitrogens with zero attached hydrogens (tertiary/aromatic N) is 1. The number of amides is 1. The molecule has 1 fully saturated rings. The first-order valence-electron chi connectivity index (χ1n) is 6.04. The largest absolute Gasteiger partial charge is 0.319 e. The van der Waals surface area contributed by atoms with Gasteiger partial charge in [-0.1, -0.05) is 42.5 Å². The first kappa shape index (κ1) is 11.2. The highest BCUT2D eigenvalue weighted by molar-refractivity contribution is 6.42. The van der Waals surface area contributed by atoms with Crippen molar-refractivity contribution < 1.29 is 14.4 Å². The number of carbonyl (C=O) groups excluding carboxylic acids is 2. The van der Waals surface area contributed by atoms with Crippen molar-refractivity contribution in [1.82, 2.24) is 5.06 Å². The van der Waals surface area contributed by atoms with Crippen LogP contribution in [0.1, 0.15) is 23.2 Å². The monoisotopic (exact) mass is 243 g/mol. The van der Waals surface area contributed by atoms with Gasteiger partial charge in [0, 0.05) is 5.56 Å². The summed E-state index contributed by atoms with van der Waals surface area (Å²) in [6, 6.07) is 8.46. The number of benzene rings is 1. The van der Waals surface area contributed by atoms with E-state index in [9.17, 15) is 9.59 Å². The molecule has 0 N–H and O–H groups in total. The fourth-order valence-corrected chi connectivity index (χ4v) is 2.30. The summed E-state index contributed by atoms with van der Waals surface area (Å²) in [5, 5.41) is 1.23. The van der Waals surface area contributed by atoms with Gasteiger partial charge in [0.05, 0.1) is 6.04 Å². The Hall–Kier alpha value is -1.94. The SMILES string of the molecule is O=C(C(=O)N1OC2C=CC1CC2)c1ccccc1. The predicted octanol–water partition coefficient (Wildman–Crippen LogP) is 1.73. The van der Waals surface area contributed by atoms with Crippen LogP contribution in [0.4, 0.5) is 0 Å². The third kappa shape index (κ3) is 1.84. The minimum atomic E-state index is -0.583. The fraction of sp³-hybridized carbons (Fsp3) is 0.286. The Labute approximate surface area is 105 Å². The Bertz CT molecular complexity index is 509. The summed E-state index contributed by atoms with van der Waals surface area (Å²) >= 11 is 0. The summed E-state index contributed by atoms with van der Waals surface area (Å²) < 4.78 is 0. The van der Waals surface area contributed by atoms with E-state index in [0.717, 1.165) is 12.8 Å². The molecule has 4 heteroatoms. The van der Waals surface area contributed by atoms with E-state index in [2.05, 4.69) is 0 Å². The second-order valence-electron chi connectivity index (χ2n) is 4.50. The molecule has 4 rings (SSSR count). The van der Waals surface area contributed by atoms with Gasteiger partial charge in [-0.2, -0.15) is 0 Å². The molecule has 1 amide bonds. The number of hydrogen-bond donors (Lipinski definition) is 0. The van der Waals surface area contributed by atoms with Gasteiger partial charge in [0.15, 0.2) is 0 Å². The molecule has 1 aromatic carbocycles. The lowest BCUT2D eigenvalue weighted by Gasteiger charge is -2.39.